The number of aliphatic hydroxyl groups excluding tert-OH is 1. The number of esters is 1. The topological polar surface area (TPSA) is 198 Å². The zero-order valence-corrected chi connectivity index (χ0v) is 31.5. The van der Waals surface area contributed by atoms with E-state index in [1.807, 2.05) is 0 Å². The molecular weight excluding hydrogens is 712 g/mol. The summed E-state index contributed by atoms with van der Waals surface area (Å²) < 4.78 is 48.8. The summed E-state index contributed by atoms with van der Waals surface area (Å²) in [5.74, 6) is -2.54. The van der Waals surface area contributed by atoms with E-state index in [4.69, 9.17) is 18.7 Å². The number of hydrogen-bond acceptors (Lipinski definition) is 10. The molecule has 0 aliphatic carbocycles. The van der Waals surface area contributed by atoms with E-state index in [2.05, 4.69) is 20.7 Å². The Bertz CT molecular complexity index is 1950. The summed E-state index contributed by atoms with van der Waals surface area (Å²) in [6.07, 6.45) is -0.511. The lowest BCUT2D eigenvalue weighted by Crippen LogP contribution is -2.41. The zero-order chi connectivity index (χ0) is 39.0. The molecular formula is C36H45FN5O10P. The summed E-state index contributed by atoms with van der Waals surface area (Å²) in [5.41, 5.74) is 3.25. The minimum atomic E-state index is -3.90. The molecule has 1 aromatic heterocycles. The van der Waals surface area contributed by atoms with Gasteiger partial charge < -0.3 is 44.4 Å². The van der Waals surface area contributed by atoms with Crippen LogP contribution in [0.25, 0.3) is 11.6 Å². The third-order valence-electron chi connectivity index (χ3n) is 8.43. The van der Waals surface area contributed by atoms with Crippen molar-refractivity contribution in [2.75, 3.05) is 52.1 Å². The van der Waals surface area contributed by atoms with Crippen LogP contribution in [0.5, 0.6) is 11.5 Å². The number of nitrogens with zero attached hydrogens (tertiary/aromatic N) is 1. The average molecular weight is 758 g/mol. The molecule has 286 valence electrons. The number of rotatable bonds is 17. The number of aromatic nitrogens is 1. The Labute approximate surface area is 306 Å². The summed E-state index contributed by atoms with van der Waals surface area (Å²) >= 11 is 0. The quantitative estimate of drug-likeness (QED) is 0.0748. The van der Waals surface area contributed by atoms with E-state index < -0.39 is 55.5 Å². The Hall–Kier alpha value is -5.02. The molecule has 3 atom stereocenters. The van der Waals surface area contributed by atoms with Crippen LogP contribution in [0.1, 0.15) is 65.3 Å². The van der Waals surface area contributed by atoms with Crippen molar-refractivity contribution in [3.8, 4) is 11.5 Å². The van der Waals surface area contributed by atoms with Gasteiger partial charge in [0.1, 0.15) is 18.2 Å². The molecule has 0 radical (unpaired) electrons. The number of aryl methyl sites for hydroxylation is 1. The minimum absolute atomic E-state index is 0.0438. The number of carbonyl (C=O) groups is 4. The summed E-state index contributed by atoms with van der Waals surface area (Å²) in [4.78, 5) is 56.1. The van der Waals surface area contributed by atoms with Gasteiger partial charge in [-0.1, -0.05) is 6.07 Å². The number of amides is 3. The molecule has 0 saturated carbocycles. The fourth-order valence-corrected chi connectivity index (χ4v) is 7.48. The number of aromatic amines is 1. The molecule has 5 N–H and O–H groups in total. The Morgan fingerprint density at radius 3 is 2.49 bits per heavy atom. The molecule has 53 heavy (non-hydrogen) atoms. The van der Waals surface area contributed by atoms with E-state index in [1.54, 1.807) is 33.8 Å². The van der Waals surface area contributed by atoms with Crippen LogP contribution < -0.4 is 25.0 Å². The normalized spacial score (nSPS) is 15.2. The van der Waals surface area contributed by atoms with Gasteiger partial charge in [-0.2, -0.15) is 0 Å². The minimum Gasteiger partial charge on any atom is -0.493 e. The first-order valence-corrected chi connectivity index (χ1v) is 18.6. The molecule has 17 heteroatoms. The van der Waals surface area contributed by atoms with E-state index in [0.29, 0.717) is 33.8 Å². The standard InChI is InChI=1S/C36H45FN5O10P/c1-8-42(15-14-38-34(45)31-20(3)28(39-21(31)4)18-26-25-17-24(37)11-12-27(25)40-33(26)44)35(46)32(43)23-10-13-29(50-7)30(16-23)52-53(48,19-49-6)41-22(5)36(47)51-9-2/h10-13,16-18,22,32,39,43H,8-9,14-15,19H2,1-7H3,(H,38,45)(H,40,44)(H,41,48)/b26-18-/t22-,32?,53?/m0/s1. The Morgan fingerprint density at radius 1 is 1.09 bits per heavy atom. The van der Waals surface area contributed by atoms with Gasteiger partial charge >= 0.3 is 13.5 Å². The third kappa shape index (κ3) is 9.51. The van der Waals surface area contributed by atoms with Gasteiger partial charge in [0.2, 0.25) is 0 Å². The predicted molar refractivity (Wildman–Crippen MR) is 195 cm³/mol. The number of fused-ring (bicyclic) bond motifs is 1. The van der Waals surface area contributed by atoms with Crippen molar-refractivity contribution in [2.24, 2.45) is 0 Å². The second-order valence-corrected chi connectivity index (χ2v) is 14.2. The van der Waals surface area contributed by atoms with Gasteiger partial charge in [-0.25, -0.2) is 9.48 Å². The monoisotopic (exact) mass is 757 g/mol. The zero-order valence-electron chi connectivity index (χ0n) is 30.6. The van der Waals surface area contributed by atoms with Gasteiger partial charge in [0.25, 0.3) is 17.7 Å². The maximum Gasteiger partial charge on any atom is 0.342 e. The second-order valence-electron chi connectivity index (χ2n) is 12.1. The number of halogens is 1. The van der Waals surface area contributed by atoms with Crippen molar-refractivity contribution in [2.45, 2.75) is 46.8 Å². The lowest BCUT2D eigenvalue weighted by atomic mass is 10.0. The molecule has 15 nitrogen and oxygen atoms in total. The van der Waals surface area contributed by atoms with E-state index in [1.165, 1.54) is 62.4 Å². The van der Waals surface area contributed by atoms with Crippen LogP contribution >= 0.6 is 7.52 Å². The lowest BCUT2D eigenvalue weighted by molar-refractivity contribution is -0.144. The Morgan fingerprint density at radius 2 is 1.83 bits per heavy atom. The van der Waals surface area contributed by atoms with Crippen molar-refractivity contribution in [3.63, 3.8) is 0 Å². The fourth-order valence-electron chi connectivity index (χ4n) is 5.81. The van der Waals surface area contributed by atoms with Crippen LogP contribution in [0.2, 0.25) is 0 Å². The molecule has 3 aromatic rings. The van der Waals surface area contributed by atoms with Crippen molar-refractivity contribution >= 4 is 48.5 Å². The Balaban J connectivity index is 1.44. The number of anilines is 1. The molecule has 3 amide bonds. The first-order chi connectivity index (χ1) is 25.2. The lowest BCUT2D eigenvalue weighted by Gasteiger charge is -2.26. The SMILES string of the molecule is CCOC(=O)[C@H](C)NP(=O)(COC)Oc1cc(C(O)C(=O)N(CC)CCNC(=O)c2c(C)[nH]c(/C=C3\C(=O)Nc4ccc(F)cc43)c2C)ccc1OC. The predicted octanol–water partition coefficient (Wildman–Crippen LogP) is 4.30. The largest absolute Gasteiger partial charge is 0.493 e. The van der Waals surface area contributed by atoms with E-state index in [0.717, 1.165) is 0 Å². The maximum atomic E-state index is 13.9. The van der Waals surface area contributed by atoms with Gasteiger partial charge in [0, 0.05) is 49.4 Å². The van der Waals surface area contributed by atoms with Crippen LogP contribution in [0, 0.1) is 19.7 Å². The van der Waals surface area contributed by atoms with Crippen LogP contribution in [-0.4, -0.2) is 91.5 Å². The van der Waals surface area contributed by atoms with Crippen LogP contribution in [0.4, 0.5) is 10.1 Å². The first-order valence-electron chi connectivity index (χ1n) is 16.8. The molecule has 0 saturated heterocycles. The van der Waals surface area contributed by atoms with Crippen molar-refractivity contribution in [3.05, 3.63) is 75.9 Å². The molecule has 0 fully saturated rings. The fraction of sp³-hybridized carbons (Fsp3) is 0.389. The molecule has 4 rings (SSSR count). The number of nitrogens with one attached hydrogen (secondary N) is 4. The average Bonchev–Trinajstić information content (AvgIpc) is 3.58. The number of likely N-dealkylation sites (N-methyl/N-ethyl adjacent to an activating group) is 1. The van der Waals surface area contributed by atoms with E-state index >= 15 is 0 Å². The number of aliphatic hydroxyl groups is 1. The highest BCUT2D eigenvalue weighted by atomic mass is 31.2. The molecule has 1 aliphatic heterocycles. The highest BCUT2D eigenvalue weighted by Crippen LogP contribution is 2.47. The first kappa shape index (κ1) is 40.7. The smallest absolute Gasteiger partial charge is 0.342 e. The number of H-pyrrole nitrogens is 1. The molecule has 2 aromatic carbocycles. The van der Waals surface area contributed by atoms with Gasteiger partial charge in [0.15, 0.2) is 17.6 Å². The van der Waals surface area contributed by atoms with Crippen LogP contribution in [0.3, 0.4) is 0 Å². The molecule has 0 spiro atoms. The van der Waals surface area contributed by atoms with Gasteiger partial charge in [0.05, 0.1) is 24.9 Å². The van der Waals surface area contributed by atoms with Crippen LogP contribution in [-0.2, 0) is 28.4 Å². The maximum absolute atomic E-state index is 13.9. The summed E-state index contributed by atoms with van der Waals surface area (Å²) in [5, 5.41) is 19.3. The number of ether oxygens (including phenoxy) is 3. The van der Waals surface area contributed by atoms with Crippen molar-refractivity contribution in [1.29, 1.82) is 0 Å². The molecule has 2 unspecified atom stereocenters. The summed E-state index contributed by atoms with van der Waals surface area (Å²) in [6, 6.07) is 7.21. The molecule has 2 heterocycles. The highest BCUT2D eigenvalue weighted by Gasteiger charge is 2.33. The highest BCUT2D eigenvalue weighted by molar-refractivity contribution is 7.57. The van der Waals surface area contributed by atoms with Crippen LogP contribution in [0.15, 0.2) is 36.4 Å². The van der Waals surface area contributed by atoms with Crippen molar-refractivity contribution < 1.29 is 52.0 Å². The summed E-state index contributed by atoms with van der Waals surface area (Å²) in [6.45, 7) is 8.67. The van der Waals surface area contributed by atoms with E-state index in [-0.39, 0.29) is 48.9 Å². The number of carbonyl (C=O) groups excluding carboxylic acids is 4. The van der Waals surface area contributed by atoms with E-state index in [9.17, 15) is 33.2 Å². The van der Waals surface area contributed by atoms with Crippen molar-refractivity contribution in [1.82, 2.24) is 20.3 Å². The summed E-state index contributed by atoms with van der Waals surface area (Å²) in [7, 11) is -1.24. The number of hydrogen-bond donors (Lipinski definition) is 5. The van der Waals surface area contributed by atoms with Gasteiger partial charge in [-0.05, 0) is 82.2 Å². The van der Waals surface area contributed by atoms with Gasteiger partial charge in [-0.15, -0.1) is 0 Å². The molecule has 1 aliphatic rings. The third-order valence-corrected chi connectivity index (χ3v) is 10.3. The Kier molecular flexibility index (Phi) is 13.6. The molecule has 0 bridgehead atoms. The number of methoxy groups -OCH3 is 2. The second kappa shape index (κ2) is 17.7. The number of benzene rings is 2. The van der Waals surface area contributed by atoms with Gasteiger partial charge in [-0.3, -0.25) is 23.7 Å².